The summed E-state index contributed by atoms with van der Waals surface area (Å²) in [5.74, 6) is -0.769. The highest BCUT2D eigenvalue weighted by Gasteiger charge is 2.41. The van der Waals surface area contributed by atoms with Gasteiger partial charge in [0.2, 0.25) is 0 Å². The van der Waals surface area contributed by atoms with Crippen LogP contribution in [0.15, 0.2) is 158 Å². The Labute approximate surface area is 287 Å². The van der Waals surface area contributed by atoms with E-state index in [1.165, 1.54) is 4.90 Å². The molecule has 6 aromatic carbocycles. The lowest BCUT2D eigenvalue weighted by Crippen LogP contribution is -2.30. The van der Waals surface area contributed by atoms with Gasteiger partial charge in [-0.15, -0.1) is 0 Å². The number of anilines is 1. The largest absolute Gasteiger partial charge is 0.308 e. The van der Waals surface area contributed by atoms with Crippen molar-refractivity contribution in [2.24, 2.45) is 0 Å². The number of rotatable bonds is 5. The number of nitriles is 1. The smallest absolute Gasteiger partial charge is 0.268 e. The van der Waals surface area contributed by atoms with Crippen LogP contribution in [-0.2, 0) is 0 Å². The second-order valence-electron chi connectivity index (χ2n) is 12.2. The van der Waals surface area contributed by atoms with E-state index in [1.807, 2.05) is 133 Å². The predicted molar refractivity (Wildman–Crippen MR) is 197 cm³/mol. The topological polar surface area (TPSA) is 79.0 Å². The second kappa shape index (κ2) is 11.6. The van der Waals surface area contributed by atoms with E-state index < -0.39 is 5.91 Å². The number of fused-ring (bicyclic) bond motifs is 4. The maximum absolute atomic E-state index is 14.9. The Kier molecular flexibility index (Phi) is 6.72. The van der Waals surface area contributed by atoms with Gasteiger partial charge in [-0.3, -0.25) is 9.59 Å². The molecule has 0 saturated heterocycles. The summed E-state index contributed by atoms with van der Waals surface area (Å²) in [5.41, 5.74) is 8.87. The van der Waals surface area contributed by atoms with Crippen LogP contribution in [0.1, 0.15) is 26.4 Å². The van der Waals surface area contributed by atoms with Crippen molar-refractivity contribution in [3.8, 4) is 45.3 Å². The van der Waals surface area contributed by atoms with Crippen molar-refractivity contribution < 1.29 is 9.59 Å². The molecule has 234 valence electrons. The van der Waals surface area contributed by atoms with Gasteiger partial charge in [0.1, 0.15) is 11.8 Å². The highest BCUT2D eigenvalue weighted by Crippen LogP contribution is 2.44. The van der Waals surface area contributed by atoms with E-state index in [0.717, 1.165) is 49.6 Å². The summed E-state index contributed by atoms with van der Waals surface area (Å²) in [6, 6.07) is 52.7. The molecule has 2 amide bonds. The summed E-state index contributed by atoms with van der Waals surface area (Å²) in [6.45, 7) is 0. The van der Waals surface area contributed by atoms with E-state index in [9.17, 15) is 14.9 Å². The zero-order valence-corrected chi connectivity index (χ0v) is 26.6. The zero-order valence-electron chi connectivity index (χ0n) is 26.6. The lowest BCUT2D eigenvalue weighted by Gasteiger charge is -2.22. The summed E-state index contributed by atoms with van der Waals surface area (Å²) in [7, 11) is 0. The number of aromatic nitrogens is 2. The first-order chi connectivity index (χ1) is 24.6. The van der Waals surface area contributed by atoms with Crippen molar-refractivity contribution in [1.82, 2.24) is 9.55 Å². The monoisotopic (exact) mass is 642 g/mol. The number of carbonyl (C=O) groups is 2. The molecular weight excluding hydrogens is 617 g/mol. The number of hydrogen-bond donors (Lipinski definition) is 0. The molecule has 0 atom stereocenters. The Morgan fingerprint density at radius 3 is 1.90 bits per heavy atom. The summed E-state index contributed by atoms with van der Waals surface area (Å²) < 4.78 is 2.06. The van der Waals surface area contributed by atoms with Gasteiger partial charge in [-0.05, 0) is 53.1 Å². The normalized spacial score (nSPS) is 12.4. The van der Waals surface area contributed by atoms with Crippen molar-refractivity contribution in [3.63, 3.8) is 0 Å². The Morgan fingerprint density at radius 2 is 1.12 bits per heavy atom. The third kappa shape index (κ3) is 4.38. The SMILES string of the molecule is N#Cc1cccc(-c2cccc3c4ccccc4n(-c4cccc5c4C(=O)N(c4cccc(-c6ccccc6)c4-c4ccccc4)C5=O)c23)n1. The van der Waals surface area contributed by atoms with E-state index in [2.05, 4.69) is 27.8 Å². The highest BCUT2D eigenvalue weighted by molar-refractivity contribution is 6.37. The molecule has 50 heavy (non-hydrogen) atoms. The maximum Gasteiger partial charge on any atom is 0.268 e. The summed E-state index contributed by atoms with van der Waals surface area (Å²) in [5, 5.41) is 11.6. The molecule has 9 rings (SSSR count). The Bertz CT molecular complexity index is 2710. The fraction of sp³-hybridized carbons (Fsp3) is 0. The number of para-hydroxylation sites is 2. The van der Waals surface area contributed by atoms with E-state index >= 15 is 0 Å². The van der Waals surface area contributed by atoms with Crippen molar-refractivity contribution >= 4 is 39.3 Å². The van der Waals surface area contributed by atoms with E-state index in [-0.39, 0.29) is 5.91 Å². The van der Waals surface area contributed by atoms with Crippen LogP contribution in [0, 0.1) is 11.3 Å². The molecule has 8 aromatic rings. The quantitative estimate of drug-likeness (QED) is 0.175. The lowest BCUT2D eigenvalue weighted by atomic mass is 9.92. The van der Waals surface area contributed by atoms with Gasteiger partial charge in [0.05, 0.1) is 39.2 Å². The van der Waals surface area contributed by atoms with E-state index in [0.29, 0.717) is 33.9 Å². The van der Waals surface area contributed by atoms with Gasteiger partial charge in [0.25, 0.3) is 11.8 Å². The van der Waals surface area contributed by atoms with Gasteiger partial charge in [0.15, 0.2) is 0 Å². The zero-order chi connectivity index (χ0) is 33.8. The third-order valence-electron chi connectivity index (χ3n) is 9.40. The molecule has 1 aliphatic rings. The lowest BCUT2D eigenvalue weighted by molar-refractivity contribution is 0.0926. The van der Waals surface area contributed by atoms with Gasteiger partial charge in [-0.25, -0.2) is 9.88 Å². The molecule has 6 nitrogen and oxygen atoms in total. The second-order valence-corrected chi connectivity index (χ2v) is 12.2. The molecule has 0 radical (unpaired) electrons. The molecular formula is C44H26N4O2. The van der Waals surface area contributed by atoms with E-state index in [4.69, 9.17) is 0 Å². The van der Waals surface area contributed by atoms with Crippen molar-refractivity contribution in [2.45, 2.75) is 0 Å². The standard InChI is InChI=1S/C44H26N4O2/c45-27-30-17-9-23-36(46-30)34-21-10-20-33-32-18-7-8-24-37(32)47(42(33)34)39-26-12-22-35-41(39)44(50)48(43(35)49)38-25-11-19-31(28-13-3-1-4-14-28)40(38)29-15-5-2-6-16-29/h1-26H. The number of nitrogens with zero attached hydrogens (tertiary/aromatic N) is 4. The number of imide groups is 1. The molecule has 1 aliphatic heterocycles. The van der Waals surface area contributed by atoms with Gasteiger partial charge in [0, 0.05) is 21.9 Å². The Hall–Kier alpha value is -7.10. The Morgan fingerprint density at radius 1 is 0.500 bits per heavy atom. The van der Waals surface area contributed by atoms with Crippen LogP contribution in [-0.4, -0.2) is 21.4 Å². The minimum Gasteiger partial charge on any atom is -0.308 e. The minimum atomic E-state index is -0.393. The van der Waals surface area contributed by atoms with Crippen LogP contribution in [0.25, 0.3) is 61.0 Å². The first-order valence-electron chi connectivity index (χ1n) is 16.3. The van der Waals surface area contributed by atoms with Crippen molar-refractivity contribution in [2.75, 3.05) is 4.90 Å². The fourth-order valence-electron chi connectivity index (χ4n) is 7.29. The van der Waals surface area contributed by atoms with E-state index in [1.54, 1.807) is 12.1 Å². The maximum atomic E-state index is 14.9. The highest BCUT2D eigenvalue weighted by atomic mass is 16.2. The fourth-order valence-corrected chi connectivity index (χ4v) is 7.29. The van der Waals surface area contributed by atoms with Gasteiger partial charge in [-0.2, -0.15) is 5.26 Å². The first-order valence-corrected chi connectivity index (χ1v) is 16.3. The average Bonchev–Trinajstić information content (AvgIpc) is 3.65. The van der Waals surface area contributed by atoms with Crippen LogP contribution in [0.3, 0.4) is 0 Å². The number of benzene rings is 6. The minimum absolute atomic E-state index is 0.311. The molecule has 0 saturated carbocycles. The molecule has 0 fully saturated rings. The summed E-state index contributed by atoms with van der Waals surface area (Å²) in [4.78, 5) is 35.4. The van der Waals surface area contributed by atoms with Gasteiger partial charge >= 0.3 is 0 Å². The number of carbonyl (C=O) groups excluding carboxylic acids is 2. The molecule has 6 heteroatoms. The third-order valence-corrected chi connectivity index (χ3v) is 9.40. The molecule has 2 aromatic heterocycles. The van der Waals surface area contributed by atoms with Crippen LogP contribution in [0.2, 0.25) is 0 Å². The van der Waals surface area contributed by atoms with Crippen molar-refractivity contribution in [3.05, 3.63) is 175 Å². The van der Waals surface area contributed by atoms with Crippen LogP contribution in [0.5, 0.6) is 0 Å². The number of pyridine rings is 1. The number of amides is 2. The Balaban J connectivity index is 1.30. The molecule has 0 bridgehead atoms. The summed E-state index contributed by atoms with van der Waals surface area (Å²) >= 11 is 0. The molecule has 0 unspecified atom stereocenters. The van der Waals surface area contributed by atoms with Crippen LogP contribution < -0.4 is 4.90 Å². The van der Waals surface area contributed by atoms with Crippen LogP contribution in [0.4, 0.5) is 5.69 Å². The average molecular weight is 643 g/mol. The molecule has 0 spiro atoms. The number of hydrogen-bond acceptors (Lipinski definition) is 4. The van der Waals surface area contributed by atoms with Gasteiger partial charge in [-0.1, -0.05) is 121 Å². The molecule has 0 N–H and O–H groups in total. The first kappa shape index (κ1) is 29.1. The van der Waals surface area contributed by atoms with Crippen molar-refractivity contribution in [1.29, 1.82) is 5.26 Å². The molecule has 0 aliphatic carbocycles. The van der Waals surface area contributed by atoms with Crippen LogP contribution >= 0.6 is 0 Å². The summed E-state index contributed by atoms with van der Waals surface area (Å²) in [6.07, 6.45) is 0. The molecule has 3 heterocycles. The van der Waals surface area contributed by atoms with Gasteiger partial charge < -0.3 is 4.57 Å². The predicted octanol–water partition coefficient (Wildman–Crippen LogP) is 9.85.